The van der Waals surface area contributed by atoms with E-state index in [9.17, 15) is 0 Å². The van der Waals surface area contributed by atoms with Gasteiger partial charge in [-0.1, -0.05) is 6.58 Å². The first-order chi connectivity index (χ1) is 7.03. The fraction of sp³-hybridized carbons (Fsp3) is 0.636. The van der Waals surface area contributed by atoms with Crippen molar-refractivity contribution in [2.45, 2.75) is 19.6 Å². The molecule has 0 aromatic rings. The smallest absolute Gasteiger partial charge is 0.241 e. The van der Waals surface area contributed by atoms with Crippen molar-refractivity contribution in [3.8, 4) is 0 Å². The summed E-state index contributed by atoms with van der Waals surface area (Å²) in [5.41, 5.74) is 1.07. The van der Waals surface area contributed by atoms with Crippen LogP contribution in [0.25, 0.3) is 0 Å². The Labute approximate surface area is 93.5 Å². The summed E-state index contributed by atoms with van der Waals surface area (Å²) in [5, 5.41) is 0. The molecule has 0 N–H and O–H groups in total. The van der Waals surface area contributed by atoms with Gasteiger partial charge < -0.3 is 14.1 Å². The summed E-state index contributed by atoms with van der Waals surface area (Å²) in [7, 11) is -1.48. The van der Waals surface area contributed by atoms with Crippen molar-refractivity contribution in [1.29, 1.82) is 0 Å². The number of nitrogens with zero attached hydrogens (tertiary/aromatic N) is 1. The van der Waals surface area contributed by atoms with Crippen LogP contribution in [0.5, 0.6) is 0 Å². The van der Waals surface area contributed by atoms with E-state index < -0.39 is 8.32 Å². The highest BCUT2D eigenvalue weighted by atomic mass is 28.4. The molecule has 86 valence electrons. The lowest BCUT2D eigenvalue weighted by Crippen LogP contribution is -2.35. The van der Waals surface area contributed by atoms with Crippen LogP contribution in [0.1, 0.15) is 0 Å². The fourth-order valence-electron chi connectivity index (χ4n) is 1.31. The summed E-state index contributed by atoms with van der Waals surface area (Å²) in [6.45, 7) is 13.8. The molecule has 0 radical (unpaired) electrons. The minimum Gasteiger partial charge on any atom is -0.548 e. The molecule has 1 rings (SSSR count). The molecule has 0 aromatic carbocycles. The van der Waals surface area contributed by atoms with Gasteiger partial charge in [-0.2, -0.15) is 0 Å². The zero-order valence-electron chi connectivity index (χ0n) is 9.95. The number of rotatable bonds is 4. The Bertz CT molecular complexity index is 239. The lowest BCUT2D eigenvalue weighted by Gasteiger charge is -2.30. The lowest BCUT2D eigenvalue weighted by molar-refractivity contribution is 0.0544. The maximum Gasteiger partial charge on any atom is 0.241 e. The molecule has 0 unspecified atom stereocenters. The van der Waals surface area contributed by atoms with Crippen molar-refractivity contribution in [3.63, 3.8) is 0 Å². The molecule has 1 aliphatic rings. The van der Waals surface area contributed by atoms with Crippen molar-refractivity contribution in [3.05, 3.63) is 24.6 Å². The SMILES string of the molecule is C=C/C(=C\O[Si](C)(C)C)N1CCOCC1. The van der Waals surface area contributed by atoms with Gasteiger partial charge in [0.1, 0.15) is 0 Å². The first-order valence-electron chi connectivity index (χ1n) is 5.36. The summed E-state index contributed by atoms with van der Waals surface area (Å²) in [5.74, 6) is 0. The number of hydrogen-bond donors (Lipinski definition) is 0. The number of hydrogen-bond acceptors (Lipinski definition) is 3. The third-order valence-corrected chi connectivity index (χ3v) is 2.94. The van der Waals surface area contributed by atoms with Crippen LogP contribution in [0, 0.1) is 0 Å². The molecule has 0 bridgehead atoms. The standard InChI is InChI=1S/C11H21NO2Si/c1-5-11(10-14-15(2,3)4)12-6-8-13-9-7-12/h5,10H,1,6-9H2,2-4H3/b11-10+. The third kappa shape index (κ3) is 4.53. The van der Waals surface area contributed by atoms with E-state index in [1.807, 2.05) is 12.3 Å². The van der Waals surface area contributed by atoms with Gasteiger partial charge in [-0.15, -0.1) is 0 Å². The van der Waals surface area contributed by atoms with Gasteiger partial charge in [0, 0.05) is 13.1 Å². The van der Waals surface area contributed by atoms with Gasteiger partial charge in [-0.05, 0) is 25.7 Å². The van der Waals surface area contributed by atoms with Crippen molar-refractivity contribution in [2.24, 2.45) is 0 Å². The molecule has 1 fully saturated rings. The second-order valence-electron chi connectivity index (χ2n) is 4.58. The van der Waals surface area contributed by atoms with Crippen LogP contribution in [-0.4, -0.2) is 39.5 Å². The lowest BCUT2D eigenvalue weighted by atomic mass is 10.3. The monoisotopic (exact) mass is 227 g/mol. The average molecular weight is 227 g/mol. The normalized spacial score (nSPS) is 18.9. The molecule has 0 amide bonds. The average Bonchev–Trinajstić information content (AvgIpc) is 2.19. The van der Waals surface area contributed by atoms with Crippen LogP contribution < -0.4 is 0 Å². The van der Waals surface area contributed by atoms with E-state index >= 15 is 0 Å². The Kier molecular flexibility index (Phi) is 4.41. The van der Waals surface area contributed by atoms with Gasteiger partial charge in [-0.3, -0.25) is 0 Å². The van der Waals surface area contributed by atoms with Crippen LogP contribution in [0.2, 0.25) is 19.6 Å². The quantitative estimate of drug-likeness (QED) is 0.417. The topological polar surface area (TPSA) is 21.7 Å². The van der Waals surface area contributed by atoms with E-state index in [1.165, 1.54) is 0 Å². The van der Waals surface area contributed by atoms with Crippen molar-refractivity contribution < 1.29 is 9.16 Å². The largest absolute Gasteiger partial charge is 0.548 e. The Hall–Kier alpha value is -0.743. The van der Waals surface area contributed by atoms with Gasteiger partial charge in [0.2, 0.25) is 8.32 Å². The third-order valence-electron chi connectivity index (χ3n) is 2.12. The van der Waals surface area contributed by atoms with Gasteiger partial charge in [-0.25, -0.2) is 0 Å². The predicted octanol–water partition coefficient (Wildman–Crippen LogP) is 2.20. The molecule has 1 saturated heterocycles. The van der Waals surface area contributed by atoms with Crippen LogP contribution in [-0.2, 0) is 9.16 Å². The zero-order chi connectivity index (χ0) is 11.3. The Morgan fingerprint density at radius 1 is 1.33 bits per heavy atom. The number of allylic oxidation sites excluding steroid dienone is 1. The number of ether oxygens (including phenoxy) is 1. The summed E-state index contributed by atoms with van der Waals surface area (Å²) in [6, 6.07) is 0. The van der Waals surface area contributed by atoms with Crippen LogP contribution in [0.15, 0.2) is 24.6 Å². The second-order valence-corrected chi connectivity index (χ2v) is 9.04. The summed E-state index contributed by atoms with van der Waals surface area (Å²) in [4.78, 5) is 2.25. The molecule has 4 heteroatoms. The molecule has 1 heterocycles. The molecular weight excluding hydrogens is 206 g/mol. The number of morpholine rings is 1. The van der Waals surface area contributed by atoms with Crippen LogP contribution in [0.4, 0.5) is 0 Å². The van der Waals surface area contributed by atoms with Crippen LogP contribution >= 0.6 is 0 Å². The van der Waals surface area contributed by atoms with Crippen LogP contribution in [0.3, 0.4) is 0 Å². The maximum absolute atomic E-state index is 5.76. The van der Waals surface area contributed by atoms with E-state index in [2.05, 4.69) is 31.1 Å². The van der Waals surface area contributed by atoms with Gasteiger partial charge in [0.05, 0.1) is 25.2 Å². The van der Waals surface area contributed by atoms with E-state index in [0.717, 1.165) is 32.0 Å². The zero-order valence-corrected chi connectivity index (χ0v) is 11.0. The van der Waals surface area contributed by atoms with E-state index in [4.69, 9.17) is 9.16 Å². The molecule has 0 spiro atoms. The van der Waals surface area contributed by atoms with Crippen molar-refractivity contribution in [2.75, 3.05) is 26.3 Å². The maximum atomic E-state index is 5.76. The molecule has 3 nitrogen and oxygen atoms in total. The molecule has 0 aliphatic carbocycles. The Morgan fingerprint density at radius 3 is 2.40 bits per heavy atom. The molecule has 1 aliphatic heterocycles. The van der Waals surface area contributed by atoms with E-state index in [0.29, 0.717) is 0 Å². The summed E-state index contributed by atoms with van der Waals surface area (Å²) >= 11 is 0. The van der Waals surface area contributed by atoms with Gasteiger partial charge in [0.25, 0.3) is 0 Å². The van der Waals surface area contributed by atoms with Gasteiger partial charge >= 0.3 is 0 Å². The highest BCUT2D eigenvalue weighted by Gasteiger charge is 2.16. The first-order valence-corrected chi connectivity index (χ1v) is 8.77. The van der Waals surface area contributed by atoms with E-state index in [-0.39, 0.29) is 0 Å². The van der Waals surface area contributed by atoms with E-state index in [1.54, 1.807) is 0 Å². The molecule has 0 aromatic heterocycles. The first kappa shape index (κ1) is 12.3. The summed E-state index contributed by atoms with van der Waals surface area (Å²) < 4.78 is 11.1. The molecule has 15 heavy (non-hydrogen) atoms. The Balaban J connectivity index is 2.57. The highest BCUT2D eigenvalue weighted by molar-refractivity contribution is 6.69. The van der Waals surface area contributed by atoms with Crippen molar-refractivity contribution >= 4 is 8.32 Å². The second kappa shape index (κ2) is 5.37. The minimum absolute atomic E-state index is 0.790. The summed E-state index contributed by atoms with van der Waals surface area (Å²) in [6.07, 6.45) is 3.70. The van der Waals surface area contributed by atoms with Crippen molar-refractivity contribution in [1.82, 2.24) is 4.90 Å². The fourth-order valence-corrected chi connectivity index (χ4v) is 1.78. The molecule has 0 atom stereocenters. The highest BCUT2D eigenvalue weighted by Crippen LogP contribution is 2.11. The minimum atomic E-state index is -1.48. The molecular formula is C11H21NO2Si. The molecule has 0 saturated carbocycles. The van der Waals surface area contributed by atoms with Gasteiger partial charge in [0.15, 0.2) is 0 Å². The predicted molar refractivity (Wildman–Crippen MR) is 65.1 cm³/mol. The Morgan fingerprint density at radius 2 is 1.93 bits per heavy atom.